The molecule has 0 saturated carbocycles. The van der Waals surface area contributed by atoms with Gasteiger partial charge in [0.25, 0.3) is 5.91 Å². The summed E-state index contributed by atoms with van der Waals surface area (Å²) in [7, 11) is 4.72. The quantitative estimate of drug-likeness (QED) is 0.156. The van der Waals surface area contributed by atoms with Gasteiger partial charge in [-0.3, -0.25) is 4.79 Å². The molecule has 2 amide bonds. The maximum absolute atomic E-state index is 12.5. The number of amides is 2. The minimum atomic E-state index is -0.945. The molecule has 0 heterocycles. The van der Waals surface area contributed by atoms with E-state index in [-0.39, 0.29) is 24.6 Å². The van der Waals surface area contributed by atoms with Crippen LogP contribution in [0.4, 0.5) is 10.5 Å². The van der Waals surface area contributed by atoms with Gasteiger partial charge in [-0.25, -0.2) is 4.79 Å². The number of rotatable bonds is 15. The number of ether oxygens (including phenoxy) is 4. The predicted octanol–water partition coefficient (Wildman–Crippen LogP) is 3.58. The fourth-order valence-corrected chi connectivity index (χ4v) is 3.70. The number of methoxy groups -OCH3 is 3. The van der Waals surface area contributed by atoms with E-state index in [1.54, 1.807) is 52.4 Å². The SMILES string of the molecule is CCC(OC)C(C/C=C(\C)C(OC(N)=O)C(/C=C\C=C(/C)C(=O)Nc1cc(O)cc(CO)c1)OC)OC. The molecule has 0 spiro atoms. The average molecular weight is 521 g/mol. The number of nitrogens with two attached hydrogens (primary N) is 1. The van der Waals surface area contributed by atoms with Gasteiger partial charge in [0.1, 0.15) is 11.9 Å². The minimum absolute atomic E-state index is 0.0699. The first-order valence-electron chi connectivity index (χ1n) is 11.9. The first-order chi connectivity index (χ1) is 17.6. The van der Waals surface area contributed by atoms with Gasteiger partial charge in [-0.2, -0.15) is 0 Å². The van der Waals surface area contributed by atoms with Gasteiger partial charge in [-0.15, -0.1) is 0 Å². The van der Waals surface area contributed by atoms with Gasteiger partial charge < -0.3 is 40.2 Å². The molecule has 0 bridgehead atoms. The highest BCUT2D eigenvalue weighted by molar-refractivity contribution is 6.03. The molecule has 0 saturated heterocycles. The van der Waals surface area contributed by atoms with Gasteiger partial charge in [0.05, 0.1) is 18.8 Å². The number of aliphatic hydroxyl groups is 1. The van der Waals surface area contributed by atoms with Crippen molar-refractivity contribution in [1.82, 2.24) is 0 Å². The van der Waals surface area contributed by atoms with Crippen LogP contribution < -0.4 is 11.1 Å². The number of hydrogen-bond donors (Lipinski definition) is 4. The summed E-state index contributed by atoms with van der Waals surface area (Å²) in [6, 6.07) is 4.35. The van der Waals surface area contributed by atoms with Crippen LogP contribution in [0.5, 0.6) is 5.75 Å². The zero-order valence-electron chi connectivity index (χ0n) is 22.4. The van der Waals surface area contributed by atoms with Gasteiger partial charge in [0.15, 0.2) is 6.10 Å². The van der Waals surface area contributed by atoms with Gasteiger partial charge in [-0.05, 0) is 50.0 Å². The lowest BCUT2D eigenvalue weighted by molar-refractivity contribution is -0.112. The van der Waals surface area contributed by atoms with E-state index >= 15 is 0 Å². The largest absolute Gasteiger partial charge is 0.508 e. The monoisotopic (exact) mass is 520 g/mol. The number of aliphatic hydroxyl groups excluding tert-OH is 1. The van der Waals surface area contributed by atoms with Crippen molar-refractivity contribution in [3.8, 4) is 5.75 Å². The number of nitrogens with one attached hydrogen (secondary N) is 1. The summed E-state index contributed by atoms with van der Waals surface area (Å²) < 4.78 is 21.9. The van der Waals surface area contributed by atoms with Gasteiger partial charge in [-0.1, -0.05) is 31.2 Å². The Morgan fingerprint density at radius 3 is 2.30 bits per heavy atom. The highest BCUT2D eigenvalue weighted by atomic mass is 16.6. The van der Waals surface area contributed by atoms with E-state index < -0.39 is 24.2 Å². The number of aromatic hydroxyl groups is 1. The number of phenolic OH excluding ortho intramolecular Hbond substituents is 1. The van der Waals surface area contributed by atoms with Crippen molar-refractivity contribution < 1.29 is 38.7 Å². The van der Waals surface area contributed by atoms with Crippen LogP contribution in [-0.2, 0) is 30.3 Å². The lowest BCUT2D eigenvalue weighted by Gasteiger charge is -2.26. The van der Waals surface area contributed by atoms with E-state index in [2.05, 4.69) is 5.32 Å². The third-order valence-electron chi connectivity index (χ3n) is 5.78. The molecule has 10 nitrogen and oxygen atoms in total. The Balaban J connectivity index is 3.02. The number of benzene rings is 1. The lowest BCUT2D eigenvalue weighted by atomic mass is 10.0. The van der Waals surface area contributed by atoms with Crippen molar-refractivity contribution in [2.75, 3.05) is 26.6 Å². The molecule has 4 unspecified atom stereocenters. The predicted molar refractivity (Wildman–Crippen MR) is 141 cm³/mol. The van der Waals surface area contributed by atoms with Crippen LogP contribution in [0.1, 0.15) is 39.2 Å². The molecule has 0 aliphatic rings. The Bertz CT molecular complexity index is 969. The van der Waals surface area contributed by atoms with Gasteiger partial charge >= 0.3 is 6.09 Å². The number of primary amides is 1. The van der Waals surface area contributed by atoms with E-state index in [0.29, 0.717) is 28.8 Å². The van der Waals surface area contributed by atoms with E-state index in [1.165, 1.54) is 19.2 Å². The fourth-order valence-electron chi connectivity index (χ4n) is 3.70. The Kier molecular flexibility index (Phi) is 14.2. The van der Waals surface area contributed by atoms with E-state index in [9.17, 15) is 19.8 Å². The molecule has 1 rings (SSSR count). The first kappa shape index (κ1) is 31.8. The normalized spacial score (nSPS) is 15.8. The number of phenols is 1. The summed E-state index contributed by atoms with van der Waals surface area (Å²) in [5.41, 5.74) is 7.21. The highest BCUT2D eigenvalue weighted by Gasteiger charge is 2.25. The van der Waals surface area contributed by atoms with Crippen molar-refractivity contribution >= 4 is 17.7 Å². The maximum Gasteiger partial charge on any atom is 0.405 e. The number of carbonyl (C=O) groups is 2. The number of hydrogen-bond acceptors (Lipinski definition) is 8. The Hall–Kier alpha value is -3.18. The van der Waals surface area contributed by atoms with Crippen LogP contribution in [0.25, 0.3) is 0 Å². The summed E-state index contributed by atoms with van der Waals surface area (Å²) in [5, 5.41) is 21.7. The highest BCUT2D eigenvalue weighted by Crippen LogP contribution is 2.21. The van der Waals surface area contributed by atoms with Crippen molar-refractivity contribution in [1.29, 1.82) is 0 Å². The molecule has 4 atom stereocenters. The van der Waals surface area contributed by atoms with Crippen LogP contribution in [0, 0.1) is 0 Å². The van der Waals surface area contributed by atoms with E-state index in [1.807, 2.05) is 13.0 Å². The van der Waals surface area contributed by atoms with Crippen LogP contribution in [-0.4, -0.2) is 68.0 Å². The van der Waals surface area contributed by atoms with Crippen LogP contribution in [0.15, 0.2) is 53.6 Å². The first-order valence-corrected chi connectivity index (χ1v) is 11.9. The average Bonchev–Trinajstić information content (AvgIpc) is 2.86. The third-order valence-corrected chi connectivity index (χ3v) is 5.78. The second kappa shape index (κ2) is 16.5. The van der Waals surface area contributed by atoms with Crippen molar-refractivity contribution in [3.05, 3.63) is 59.2 Å². The molecule has 37 heavy (non-hydrogen) atoms. The molecule has 0 aromatic heterocycles. The van der Waals surface area contributed by atoms with E-state index in [4.69, 9.17) is 24.7 Å². The molecular weight excluding hydrogens is 480 g/mol. The summed E-state index contributed by atoms with van der Waals surface area (Å²) >= 11 is 0. The molecule has 0 aliphatic heterocycles. The third kappa shape index (κ3) is 10.8. The smallest absolute Gasteiger partial charge is 0.405 e. The molecule has 0 radical (unpaired) electrons. The molecule has 0 fully saturated rings. The molecule has 1 aromatic carbocycles. The topological polar surface area (TPSA) is 150 Å². The maximum atomic E-state index is 12.5. The van der Waals surface area contributed by atoms with Crippen molar-refractivity contribution in [2.24, 2.45) is 5.73 Å². The molecule has 1 aromatic rings. The van der Waals surface area contributed by atoms with Gasteiger partial charge in [0.2, 0.25) is 0 Å². The molecular formula is C27H40N2O8. The molecule has 0 aliphatic carbocycles. The van der Waals surface area contributed by atoms with Gasteiger partial charge in [0, 0.05) is 38.7 Å². The Morgan fingerprint density at radius 1 is 1.08 bits per heavy atom. The molecule has 10 heteroatoms. The summed E-state index contributed by atoms with van der Waals surface area (Å²) in [6.07, 6.45) is 5.35. The second-order valence-corrected chi connectivity index (χ2v) is 8.43. The number of anilines is 1. The summed E-state index contributed by atoms with van der Waals surface area (Å²) in [5.74, 6) is -0.470. The summed E-state index contributed by atoms with van der Waals surface area (Å²) in [6.45, 7) is 5.16. The number of allylic oxidation sites excluding steroid dienone is 2. The second-order valence-electron chi connectivity index (χ2n) is 8.43. The van der Waals surface area contributed by atoms with Crippen LogP contribution >= 0.6 is 0 Å². The van der Waals surface area contributed by atoms with Crippen molar-refractivity contribution in [2.45, 2.75) is 64.6 Å². The van der Waals surface area contributed by atoms with Crippen LogP contribution in [0.2, 0.25) is 0 Å². The van der Waals surface area contributed by atoms with Crippen LogP contribution in [0.3, 0.4) is 0 Å². The Morgan fingerprint density at radius 2 is 1.76 bits per heavy atom. The number of carbonyl (C=O) groups excluding carboxylic acids is 2. The Labute approximate surface area is 218 Å². The lowest BCUT2D eigenvalue weighted by Crippen LogP contribution is -2.35. The fraction of sp³-hybridized carbons (Fsp3) is 0.481. The standard InChI is InChI=1S/C27H40N2O8/c1-7-22(34-4)23(35-5)12-11-17(2)25(37-27(28)33)24(36-6)10-8-9-18(3)26(32)29-20-13-19(16-30)14-21(31)15-20/h8-11,13-15,22-25,30-31H,7,12,16H2,1-6H3,(H2,28,33)(H,29,32)/b10-8-,17-11+,18-9+. The molecule has 5 N–H and O–H groups in total. The molecule has 206 valence electrons. The zero-order chi connectivity index (χ0) is 28.0. The van der Waals surface area contributed by atoms with E-state index in [0.717, 1.165) is 6.42 Å². The summed E-state index contributed by atoms with van der Waals surface area (Å²) in [4.78, 5) is 24.1. The zero-order valence-corrected chi connectivity index (χ0v) is 22.4. The minimum Gasteiger partial charge on any atom is -0.508 e. The van der Waals surface area contributed by atoms with Crippen molar-refractivity contribution in [3.63, 3.8) is 0 Å².